The smallest absolute Gasteiger partial charge is 0.406 e. The quantitative estimate of drug-likeness (QED) is 0.438. The van der Waals surface area contributed by atoms with Crippen LogP contribution in [-0.2, 0) is 9.84 Å². The van der Waals surface area contributed by atoms with Gasteiger partial charge in [0.2, 0.25) is 5.43 Å². The lowest BCUT2D eigenvalue weighted by Gasteiger charge is -2.12. The molecule has 0 fully saturated rings. The zero-order chi connectivity index (χ0) is 23.8. The van der Waals surface area contributed by atoms with E-state index in [1.807, 2.05) is 0 Å². The molecule has 0 atom stereocenters. The van der Waals surface area contributed by atoms with Gasteiger partial charge >= 0.3 is 6.36 Å². The largest absolute Gasteiger partial charge is 0.573 e. The van der Waals surface area contributed by atoms with Gasteiger partial charge in [0.25, 0.3) is 0 Å². The normalized spacial score (nSPS) is 12.0. The molecule has 0 saturated heterocycles. The number of aromatic nitrogens is 4. The Bertz CT molecular complexity index is 1490. The van der Waals surface area contributed by atoms with Crippen LogP contribution in [0.25, 0.3) is 22.8 Å². The molecule has 0 saturated carbocycles. The van der Waals surface area contributed by atoms with E-state index in [9.17, 15) is 26.4 Å². The summed E-state index contributed by atoms with van der Waals surface area (Å²) in [5, 5.41) is 8.44. The summed E-state index contributed by atoms with van der Waals surface area (Å²) in [6, 6.07) is 13.9. The van der Waals surface area contributed by atoms with Crippen molar-refractivity contribution < 1.29 is 26.3 Å². The van der Waals surface area contributed by atoms with E-state index in [2.05, 4.69) is 14.9 Å². The first-order valence-corrected chi connectivity index (χ1v) is 11.2. The molecule has 2 aromatic carbocycles. The van der Waals surface area contributed by atoms with E-state index < -0.39 is 27.4 Å². The maximum Gasteiger partial charge on any atom is 0.573 e. The van der Waals surface area contributed by atoms with E-state index in [0.717, 1.165) is 18.4 Å². The Morgan fingerprint density at radius 1 is 0.970 bits per heavy atom. The fraction of sp³-hybridized carbons (Fsp3) is 0.0952. The topological polar surface area (TPSA) is 96.1 Å². The lowest BCUT2D eigenvalue weighted by molar-refractivity contribution is -0.274. The minimum absolute atomic E-state index is 0.0399. The first-order chi connectivity index (χ1) is 15.5. The fourth-order valence-corrected chi connectivity index (χ4v) is 3.75. The average Bonchev–Trinajstić information content (AvgIpc) is 3.22. The van der Waals surface area contributed by atoms with Crippen molar-refractivity contribution in [2.75, 3.05) is 6.26 Å². The minimum Gasteiger partial charge on any atom is -0.406 e. The van der Waals surface area contributed by atoms with Crippen molar-refractivity contribution in [2.24, 2.45) is 0 Å². The number of hydrogen-bond donors (Lipinski definition) is 0. The average molecular weight is 476 g/mol. The van der Waals surface area contributed by atoms with Gasteiger partial charge in [-0.2, -0.15) is 10.2 Å². The van der Waals surface area contributed by atoms with Crippen molar-refractivity contribution in [3.05, 3.63) is 83.3 Å². The number of halogens is 3. The zero-order valence-corrected chi connectivity index (χ0v) is 17.7. The molecule has 12 heteroatoms. The lowest BCUT2D eigenvalue weighted by Crippen LogP contribution is -2.17. The number of ether oxygens (including phenoxy) is 1. The molecular weight excluding hydrogens is 461 g/mol. The molecule has 0 N–H and O–H groups in total. The number of benzene rings is 2. The van der Waals surface area contributed by atoms with Gasteiger partial charge < -0.3 is 4.74 Å². The molecule has 0 aliphatic rings. The highest BCUT2D eigenvalue weighted by atomic mass is 32.2. The molecule has 2 heterocycles. The van der Waals surface area contributed by atoms with Gasteiger partial charge in [0.05, 0.1) is 28.2 Å². The maximum absolute atomic E-state index is 12.6. The number of alkyl halides is 3. The van der Waals surface area contributed by atoms with Crippen molar-refractivity contribution in [3.8, 4) is 28.5 Å². The fourth-order valence-electron chi connectivity index (χ4n) is 3.09. The Hall–Kier alpha value is -3.93. The van der Waals surface area contributed by atoms with Crippen LogP contribution < -0.4 is 10.2 Å². The Morgan fingerprint density at radius 2 is 1.70 bits per heavy atom. The van der Waals surface area contributed by atoms with Crippen molar-refractivity contribution >= 4 is 9.84 Å². The van der Waals surface area contributed by atoms with Crippen LogP contribution in [0, 0.1) is 0 Å². The number of hydrogen-bond acceptors (Lipinski definition) is 6. The molecule has 2 aromatic heterocycles. The summed E-state index contributed by atoms with van der Waals surface area (Å²) in [4.78, 5) is 12.6. The second-order valence-corrected chi connectivity index (χ2v) is 8.93. The van der Waals surface area contributed by atoms with Crippen molar-refractivity contribution in [2.45, 2.75) is 11.3 Å². The monoisotopic (exact) mass is 476 g/mol. The van der Waals surface area contributed by atoms with E-state index in [1.54, 1.807) is 12.1 Å². The summed E-state index contributed by atoms with van der Waals surface area (Å²) < 4.78 is 68.0. The SMILES string of the molecule is CS(=O)(=O)c1cccc(-n2nccc2-c2nn(-c3cccc(OC(F)(F)F)c3)ccc2=O)c1. The van der Waals surface area contributed by atoms with E-state index in [1.165, 1.54) is 58.2 Å². The standard InChI is InChI=1S/C21H15F3N4O4S/c1-33(30,31)17-7-3-5-15(13-17)28-18(8-10-25-28)20-19(29)9-11-27(26-20)14-4-2-6-16(12-14)32-21(22,23)24/h2-13H,1H3. The van der Waals surface area contributed by atoms with Gasteiger partial charge in [0.15, 0.2) is 15.5 Å². The summed E-state index contributed by atoms with van der Waals surface area (Å²) >= 11 is 0. The molecule has 0 radical (unpaired) electrons. The highest BCUT2D eigenvalue weighted by molar-refractivity contribution is 7.90. The van der Waals surface area contributed by atoms with E-state index in [0.29, 0.717) is 5.69 Å². The van der Waals surface area contributed by atoms with Gasteiger partial charge in [-0.3, -0.25) is 4.79 Å². The molecule has 0 aliphatic carbocycles. The van der Waals surface area contributed by atoms with Crippen molar-refractivity contribution in [1.82, 2.24) is 19.6 Å². The molecule has 0 amide bonds. The highest BCUT2D eigenvalue weighted by Crippen LogP contribution is 2.25. The van der Waals surface area contributed by atoms with Crippen LogP contribution in [0.3, 0.4) is 0 Å². The minimum atomic E-state index is -4.85. The Morgan fingerprint density at radius 3 is 2.42 bits per heavy atom. The summed E-state index contributed by atoms with van der Waals surface area (Å²) in [6.07, 6.45) is -1.06. The van der Waals surface area contributed by atoms with Gasteiger partial charge in [0, 0.05) is 24.6 Å². The van der Waals surface area contributed by atoms with Gasteiger partial charge in [-0.15, -0.1) is 13.2 Å². The molecule has 0 aliphatic heterocycles. The first-order valence-electron chi connectivity index (χ1n) is 9.32. The molecular formula is C21H15F3N4O4S. The summed E-state index contributed by atoms with van der Waals surface area (Å²) in [7, 11) is -3.48. The predicted molar refractivity (Wildman–Crippen MR) is 112 cm³/mol. The number of nitrogens with zero attached hydrogens (tertiary/aromatic N) is 4. The highest BCUT2D eigenvalue weighted by Gasteiger charge is 2.31. The summed E-state index contributed by atoms with van der Waals surface area (Å²) in [6.45, 7) is 0. The third-order valence-corrected chi connectivity index (χ3v) is 5.61. The number of rotatable bonds is 5. The summed E-state index contributed by atoms with van der Waals surface area (Å²) in [5.74, 6) is -0.440. The van der Waals surface area contributed by atoms with Crippen molar-refractivity contribution in [3.63, 3.8) is 0 Å². The Balaban J connectivity index is 1.78. The zero-order valence-electron chi connectivity index (χ0n) is 16.9. The van der Waals surface area contributed by atoms with Crippen molar-refractivity contribution in [1.29, 1.82) is 0 Å². The van der Waals surface area contributed by atoms with Crippen LogP contribution in [0.5, 0.6) is 5.75 Å². The molecule has 0 spiro atoms. The lowest BCUT2D eigenvalue weighted by atomic mass is 10.2. The molecule has 4 aromatic rings. The third kappa shape index (κ3) is 4.95. The predicted octanol–water partition coefficient (Wildman–Crippen LogP) is 3.39. The van der Waals surface area contributed by atoms with Crippen LogP contribution in [0.15, 0.2) is 82.7 Å². The molecule has 8 nitrogen and oxygen atoms in total. The second-order valence-electron chi connectivity index (χ2n) is 6.92. The van der Waals surface area contributed by atoms with E-state index >= 15 is 0 Å². The molecule has 170 valence electrons. The number of sulfone groups is 1. The van der Waals surface area contributed by atoms with Crippen LogP contribution in [-0.4, -0.2) is 40.6 Å². The van der Waals surface area contributed by atoms with Gasteiger partial charge in [-0.25, -0.2) is 17.8 Å². The van der Waals surface area contributed by atoms with Crippen LogP contribution >= 0.6 is 0 Å². The van der Waals surface area contributed by atoms with Crippen LogP contribution in [0.4, 0.5) is 13.2 Å². The van der Waals surface area contributed by atoms with Gasteiger partial charge in [-0.1, -0.05) is 12.1 Å². The van der Waals surface area contributed by atoms with Crippen LogP contribution in [0.1, 0.15) is 0 Å². The molecule has 33 heavy (non-hydrogen) atoms. The summed E-state index contributed by atoms with van der Waals surface area (Å²) in [5.41, 5.74) is 0.373. The van der Waals surface area contributed by atoms with Gasteiger partial charge in [-0.05, 0) is 36.4 Å². The first kappa shape index (κ1) is 22.3. The third-order valence-electron chi connectivity index (χ3n) is 4.50. The Kier molecular flexibility index (Phi) is 5.54. The van der Waals surface area contributed by atoms with E-state index in [4.69, 9.17) is 0 Å². The van der Waals surface area contributed by atoms with E-state index in [-0.39, 0.29) is 22.0 Å². The van der Waals surface area contributed by atoms with Gasteiger partial charge in [0.1, 0.15) is 5.75 Å². The molecule has 0 bridgehead atoms. The molecule has 4 rings (SSSR count). The maximum atomic E-state index is 12.6. The van der Waals surface area contributed by atoms with Crippen LogP contribution in [0.2, 0.25) is 0 Å². The molecule has 0 unspecified atom stereocenters. The Labute approximate surface area is 185 Å². The second kappa shape index (κ2) is 8.20.